The third kappa shape index (κ3) is 5.47. The number of aryl methyl sites for hydroxylation is 1. The Balaban J connectivity index is 0.000000671. The number of aromatic nitrogens is 2. The molecule has 4 heteroatoms. The summed E-state index contributed by atoms with van der Waals surface area (Å²) >= 11 is 4.74. The Bertz CT molecular complexity index is 252. The van der Waals surface area contributed by atoms with Gasteiger partial charge in [0.15, 0.2) is 4.77 Å². The Morgan fingerprint density at radius 2 is 2.23 bits per heavy atom. The first-order valence-corrected chi connectivity index (χ1v) is 4.83. The van der Waals surface area contributed by atoms with Crippen molar-refractivity contribution in [2.45, 2.75) is 26.7 Å². The first-order valence-electron chi connectivity index (χ1n) is 4.42. The van der Waals surface area contributed by atoms with Gasteiger partial charge in [-0.1, -0.05) is 13.8 Å². The maximum absolute atomic E-state index is 11.7. The zero-order valence-electron chi connectivity index (χ0n) is 8.01. The van der Waals surface area contributed by atoms with E-state index in [-0.39, 0.29) is 6.67 Å². The zero-order chi connectivity index (χ0) is 10.1. The zero-order valence-corrected chi connectivity index (χ0v) is 8.83. The SMILES string of the molecule is CC.FCCCc1cnc(=S)[nH]c1. The largest absolute Gasteiger partial charge is 0.337 e. The van der Waals surface area contributed by atoms with Crippen molar-refractivity contribution in [3.05, 3.63) is 22.7 Å². The van der Waals surface area contributed by atoms with Crippen molar-refractivity contribution in [2.75, 3.05) is 6.67 Å². The molecule has 13 heavy (non-hydrogen) atoms. The highest BCUT2D eigenvalue weighted by atomic mass is 32.1. The average molecular weight is 202 g/mol. The standard InChI is InChI=1S/C7H9FN2S.C2H6/c8-3-1-2-6-4-9-7(11)10-5-6;1-2/h4-5H,1-3H2,(H,9,10,11);1-2H3. The predicted molar refractivity (Wildman–Crippen MR) is 55.1 cm³/mol. The van der Waals surface area contributed by atoms with Crippen LogP contribution in [0.25, 0.3) is 0 Å². The van der Waals surface area contributed by atoms with Crippen LogP contribution < -0.4 is 0 Å². The molecule has 0 aliphatic rings. The van der Waals surface area contributed by atoms with Gasteiger partial charge < -0.3 is 4.98 Å². The Labute approximate surface area is 83.2 Å². The van der Waals surface area contributed by atoms with E-state index in [9.17, 15) is 4.39 Å². The average Bonchev–Trinajstić information content (AvgIpc) is 2.20. The molecule has 0 aromatic carbocycles. The third-order valence-electron chi connectivity index (χ3n) is 1.33. The number of H-pyrrole nitrogens is 1. The summed E-state index contributed by atoms with van der Waals surface area (Å²) in [6.07, 6.45) is 4.71. The van der Waals surface area contributed by atoms with Gasteiger partial charge in [0.2, 0.25) is 0 Å². The lowest BCUT2D eigenvalue weighted by molar-refractivity contribution is 0.472. The van der Waals surface area contributed by atoms with Crippen LogP contribution in [0.4, 0.5) is 4.39 Å². The minimum Gasteiger partial charge on any atom is -0.337 e. The fourth-order valence-corrected chi connectivity index (χ4v) is 0.890. The Morgan fingerprint density at radius 3 is 2.69 bits per heavy atom. The van der Waals surface area contributed by atoms with Gasteiger partial charge in [-0.2, -0.15) is 0 Å². The van der Waals surface area contributed by atoms with Crippen LogP contribution in [-0.2, 0) is 6.42 Å². The second-order valence-corrected chi connectivity index (χ2v) is 2.61. The number of hydrogen-bond acceptors (Lipinski definition) is 2. The summed E-state index contributed by atoms with van der Waals surface area (Å²) in [6.45, 7) is 3.72. The molecule has 0 fully saturated rings. The quantitative estimate of drug-likeness (QED) is 0.763. The fourth-order valence-electron chi connectivity index (χ4n) is 0.778. The lowest BCUT2D eigenvalue weighted by Gasteiger charge is -1.95. The summed E-state index contributed by atoms with van der Waals surface area (Å²) in [6, 6.07) is 0. The first-order chi connectivity index (χ1) is 6.33. The van der Waals surface area contributed by atoms with Crippen molar-refractivity contribution >= 4 is 12.2 Å². The number of hydrogen-bond donors (Lipinski definition) is 1. The van der Waals surface area contributed by atoms with Gasteiger partial charge in [-0.15, -0.1) is 0 Å². The Hall–Kier alpha value is -0.770. The number of aromatic amines is 1. The van der Waals surface area contributed by atoms with Crippen LogP contribution in [0.5, 0.6) is 0 Å². The van der Waals surface area contributed by atoms with Crippen LogP contribution in [0.3, 0.4) is 0 Å². The van der Waals surface area contributed by atoms with E-state index in [1.54, 1.807) is 12.4 Å². The summed E-state index contributed by atoms with van der Waals surface area (Å²) < 4.78 is 12.2. The number of alkyl halides is 1. The number of nitrogens with zero attached hydrogens (tertiary/aromatic N) is 1. The minimum absolute atomic E-state index is 0.282. The molecule has 0 aliphatic carbocycles. The van der Waals surface area contributed by atoms with Gasteiger partial charge >= 0.3 is 0 Å². The lowest BCUT2D eigenvalue weighted by atomic mass is 10.2. The van der Waals surface area contributed by atoms with E-state index in [1.807, 2.05) is 13.8 Å². The van der Waals surface area contributed by atoms with Crippen molar-refractivity contribution in [1.82, 2.24) is 9.97 Å². The van der Waals surface area contributed by atoms with E-state index in [0.717, 1.165) is 12.0 Å². The smallest absolute Gasteiger partial charge is 0.196 e. The molecule has 0 atom stereocenters. The molecule has 0 spiro atoms. The molecule has 0 bridgehead atoms. The van der Waals surface area contributed by atoms with Crippen molar-refractivity contribution in [2.24, 2.45) is 0 Å². The van der Waals surface area contributed by atoms with Crippen LogP contribution in [0.2, 0.25) is 0 Å². The van der Waals surface area contributed by atoms with Gasteiger partial charge in [-0.3, -0.25) is 4.39 Å². The summed E-state index contributed by atoms with van der Waals surface area (Å²) in [7, 11) is 0. The van der Waals surface area contributed by atoms with Crippen LogP contribution in [0.15, 0.2) is 12.4 Å². The van der Waals surface area contributed by atoms with Gasteiger partial charge in [0, 0.05) is 12.4 Å². The van der Waals surface area contributed by atoms with Crippen LogP contribution in [-0.4, -0.2) is 16.6 Å². The van der Waals surface area contributed by atoms with E-state index in [1.165, 1.54) is 0 Å². The molecule has 0 aliphatic heterocycles. The van der Waals surface area contributed by atoms with Gasteiger partial charge in [0.25, 0.3) is 0 Å². The highest BCUT2D eigenvalue weighted by Gasteiger charge is 1.91. The molecular weight excluding hydrogens is 187 g/mol. The molecule has 0 saturated heterocycles. The molecule has 0 amide bonds. The summed E-state index contributed by atoms with van der Waals surface area (Å²) in [5.74, 6) is 0. The molecule has 1 heterocycles. The number of nitrogens with one attached hydrogen (secondary N) is 1. The summed E-state index contributed by atoms with van der Waals surface area (Å²) in [5, 5.41) is 0. The van der Waals surface area contributed by atoms with Gasteiger partial charge in [-0.25, -0.2) is 4.98 Å². The molecular formula is C9H15FN2S. The highest BCUT2D eigenvalue weighted by molar-refractivity contribution is 7.71. The molecule has 74 valence electrons. The van der Waals surface area contributed by atoms with E-state index in [2.05, 4.69) is 9.97 Å². The second-order valence-electron chi connectivity index (χ2n) is 2.22. The van der Waals surface area contributed by atoms with E-state index in [0.29, 0.717) is 11.2 Å². The van der Waals surface area contributed by atoms with Crippen molar-refractivity contribution < 1.29 is 4.39 Å². The molecule has 0 radical (unpaired) electrons. The minimum atomic E-state index is -0.282. The maximum atomic E-state index is 11.7. The Morgan fingerprint density at radius 1 is 1.54 bits per heavy atom. The molecule has 1 aromatic heterocycles. The van der Waals surface area contributed by atoms with E-state index < -0.39 is 0 Å². The maximum Gasteiger partial charge on any atom is 0.196 e. The normalized spacial score (nSPS) is 8.85. The van der Waals surface area contributed by atoms with E-state index in [4.69, 9.17) is 12.2 Å². The Kier molecular flexibility index (Phi) is 7.39. The second kappa shape index (κ2) is 7.86. The monoisotopic (exact) mass is 202 g/mol. The van der Waals surface area contributed by atoms with Crippen molar-refractivity contribution in [3.8, 4) is 0 Å². The van der Waals surface area contributed by atoms with Crippen molar-refractivity contribution in [1.29, 1.82) is 0 Å². The molecule has 1 N–H and O–H groups in total. The van der Waals surface area contributed by atoms with Gasteiger partial charge in [-0.05, 0) is 30.6 Å². The fraction of sp³-hybridized carbons (Fsp3) is 0.556. The molecule has 0 unspecified atom stereocenters. The highest BCUT2D eigenvalue weighted by Crippen LogP contribution is 1.98. The van der Waals surface area contributed by atoms with Gasteiger partial charge in [0.05, 0.1) is 6.67 Å². The van der Waals surface area contributed by atoms with Gasteiger partial charge in [0.1, 0.15) is 0 Å². The predicted octanol–water partition coefficient (Wildman–Crippen LogP) is 3.07. The molecule has 1 rings (SSSR count). The van der Waals surface area contributed by atoms with Crippen LogP contribution >= 0.6 is 12.2 Å². The molecule has 2 nitrogen and oxygen atoms in total. The topological polar surface area (TPSA) is 28.7 Å². The van der Waals surface area contributed by atoms with Crippen LogP contribution in [0.1, 0.15) is 25.8 Å². The number of halogens is 1. The molecule has 0 saturated carbocycles. The molecule has 1 aromatic rings. The first kappa shape index (κ1) is 12.2. The van der Waals surface area contributed by atoms with Crippen LogP contribution in [0, 0.1) is 4.77 Å². The lowest BCUT2D eigenvalue weighted by Crippen LogP contribution is -1.89. The third-order valence-corrected chi connectivity index (χ3v) is 1.55. The van der Waals surface area contributed by atoms with E-state index >= 15 is 0 Å². The summed E-state index contributed by atoms with van der Waals surface area (Å²) in [5.41, 5.74) is 0.997. The summed E-state index contributed by atoms with van der Waals surface area (Å²) in [4.78, 5) is 6.66. The number of rotatable bonds is 3. The van der Waals surface area contributed by atoms with Crippen molar-refractivity contribution in [3.63, 3.8) is 0 Å².